The summed E-state index contributed by atoms with van der Waals surface area (Å²) < 4.78 is 35.9. The first kappa shape index (κ1) is 18.2. The Morgan fingerprint density at radius 2 is 1.84 bits per heavy atom. The number of hydrogen-bond donors (Lipinski definition) is 1. The molecule has 2 aromatic carbocycles. The molecule has 7 heteroatoms. The summed E-state index contributed by atoms with van der Waals surface area (Å²) in [6.07, 6.45) is 0.205. The summed E-state index contributed by atoms with van der Waals surface area (Å²) in [6.45, 7) is 3.51. The summed E-state index contributed by atoms with van der Waals surface area (Å²) in [7, 11) is -2.34. The fraction of sp³-hybridized carbons (Fsp3) is 0.333. The van der Waals surface area contributed by atoms with E-state index in [1.54, 1.807) is 38.1 Å². The van der Waals surface area contributed by atoms with E-state index in [0.717, 1.165) is 0 Å². The Balaban J connectivity index is 2.18. The van der Waals surface area contributed by atoms with Crippen LogP contribution in [0, 0.1) is 0 Å². The third-order valence-corrected chi connectivity index (χ3v) is 7.43. The van der Waals surface area contributed by atoms with Gasteiger partial charge in [-0.15, -0.1) is 0 Å². The molecule has 1 atom stereocenters. The molecule has 1 heterocycles. The number of aliphatic hydroxyl groups is 1. The first-order valence-electron chi connectivity index (χ1n) is 7.70. The largest absolute Gasteiger partial charge is 0.495 e. The van der Waals surface area contributed by atoms with Gasteiger partial charge in [-0.05, 0) is 53.5 Å². The van der Waals surface area contributed by atoms with Crippen molar-refractivity contribution in [3.05, 3.63) is 48.0 Å². The summed E-state index contributed by atoms with van der Waals surface area (Å²) in [5.74, 6) is 0.705. The molecule has 3 rings (SSSR count). The van der Waals surface area contributed by atoms with E-state index in [1.807, 2.05) is 0 Å². The van der Waals surface area contributed by atoms with E-state index >= 15 is 0 Å². The quantitative estimate of drug-likeness (QED) is 0.761. The van der Waals surface area contributed by atoms with E-state index in [4.69, 9.17) is 9.47 Å². The maximum absolute atomic E-state index is 13.0. The van der Waals surface area contributed by atoms with Gasteiger partial charge >= 0.3 is 0 Å². The smallest absolute Gasteiger partial charge is 0.210 e. The Morgan fingerprint density at radius 3 is 2.44 bits per heavy atom. The fourth-order valence-electron chi connectivity index (χ4n) is 2.73. The van der Waals surface area contributed by atoms with Crippen LogP contribution in [0.1, 0.15) is 19.4 Å². The number of alkyl halides is 1. The fourth-order valence-corrected chi connectivity index (χ4v) is 4.59. The molecule has 5 nitrogen and oxygen atoms in total. The lowest BCUT2D eigenvalue weighted by atomic mass is 9.91. The normalized spacial score (nSPS) is 22.0. The van der Waals surface area contributed by atoms with Crippen LogP contribution < -0.4 is 9.47 Å². The molecular weight excluding hydrogens is 408 g/mol. The lowest BCUT2D eigenvalue weighted by molar-refractivity contribution is -0.0606. The zero-order valence-electron chi connectivity index (χ0n) is 14.1. The van der Waals surface area contributed by atoms with Crippen LogP contribution in [0.4, 0.5) is 0 Å². The average Bonchev–Trinajstić information content (AvgIpc) is 2.55. The predicted octanol–water partition coefficient (Wildman–Crippen LogP) is 3.33. The van der Waals surface area contributed by atoms with Gasteiger partial charge in [0.25, 0.3) is 0 Å². The molecule has 0 spiro atoms. The Morgan fingerprint density at radius 1 is 1.20 bits per heavy atom. The summed E-state index contributed by atoms with van der Waals surface area (Å²) in [5, 5.41) is 10.6. The van der Waals surface area contributed by atoms with Crippen LogP contribution in [-0.4, -0.2) is 30.7 Å². The van der Waals surface area contributed by atoms with Crippen LogP contribution in [-0.2, 0) is 16.3 Å². The summed E-state index contributed by atoms with van der Waals surface area (Å²) in [5.41, 5.74) is -0.292. The van der Waals surface area contributed by atoms with Crippen LogP contribution in [0.25, 0.3) is 0 Å². The molecule has 1 N–H and O–H groups in total. The van der Waals surface area contributed by atoms with E-state index in [2.05, 4.69) is 15.9 Å². The highest BCUT2D eigenvalue weighted by Crippen LogP contribution is 2.46. The summed E-state index contributed by atoms with van der Waals surface area (Å²) in [6, 6.07) is 11.2. The minimum absolute atomic E-state index is 0.0477. The number of methoxy groups -OCH3 is 1. The summed E-state index contributed by atoms with van der Waals surface area (Å²) >= 11 is 3.29. The van der Waals surface area contributed by atoms with E-state index in [-0.39, 0.29) is 22.0 Å². The van der Waals surface area contributed by atoms with Crippen molar-refractivity contribution in [2.75, 3.05) is 7.11 Å². The molecule has 0 aliphatic carbocycles. The van der Waals surface area contributed by atoms with Crippen molar-refractivity contribution >= 4 is 25.8 Å². The number of halogens is 1. The molecule has 0 fully saturated rings. The zero-order valence-corrected chi connectivity index (χ0v) is 16.5. The highest BCUT2D eigenvalue weighted by atomic mass is 79.9. The van der Waals surface area contributed by atoms with Crippen molar-refractivity contribution in [1.29, 1.82) is 0 Å². The molecule has 1 aliphatic rings. The molecule has 0 saturated carbocycles. The number of ether oxygens (including phenoxy) is 2. The van der Waals surface area contributed by atoms with Crippen molar-refractivity contribution in [2.24, 2.45) is 0 Å². The van der Waals surface area contributed by atoms with Crippen LogP contribution in [0.15, 0.2) is 52.3 Å². The second-order valence-electron chi connectivity index (χ2n) is 6.48. The molecule has 0 aromatic heterocycles. The van der Waals surface area contributed by atoms with Crippen molar-refractivity contribution in [2.45, 2.75) is 40.2 Å². The van der Waals surface area contributed by atoms with E-state index in [9.17, 15) is 13.5 Å². The van der Waals surface area contributed by atoms with Gasteiger partial charge in [-0.3, -0.25) is 0 Å². The zero-order chi connectivity index (χ0) is 18.5. The molecule has 0 saturated heterocycles. The molecule has 134 valence electrons. The SMILES string of the molecule is COc1cc2c(cc1S(=O)(=O)c1ccccc1)CC(O)(Br)C(C)(C)O2. The molecule has 1 aliphatic heterocycles. The Kier molecular flexibility index (Phi) is 4.38. The first-order chi connectivity index (χ1) is 11.6. The van der Waals surface area contributed by atoms with Crippen molar-refractivity contribution < 1.29 is 23.0 Å². The van der Waals surface area contributed by atoms with Gasteiger partial charge in [0.15, 0.2) is 4.51 Å². The lowest BCUT2D eigenvalue weighted by Gasteiger charge is -2.43. The topological polar surface area (TPSA) is 72.8 Å². The molecule has 25 heavy (non-hydrogen) atoms. The third-order valence-electron chi connectivity index (χ3n) is 4.40. The predicted molar refractivity (Wildman–Crippen MR) is 97.2 cm³/mol. The highest BCUT2D eigenvalue weighted by Gasteiger charge is 2.48. The third kappa shape index (κ3) is 3.05. The number of sulfone groups is 1. The Hall–Kier alpha value is -1.57. The second kappa shape index (κ2) is 6.00. The van der Waals surface area contributed by atoms with E-state index in [0.29, 0.717) is 11.3 Å². The van der Waals surface area contributed by atoms with Crippen molar-refractivity contribution in [3.8, 4) is 11.5 Å². The van der Waals surface area contributed by atoms with Crippen molar-refractivity contribution in [1.82, 2.24) is 0 Å². The maximum Gasteiger partial charge on any atom is 0.210 e. The highest BCUT2D eigenvalue weighted by molar-refractivity contribution is 9.10. The molecule has 0 bridgehead atoms. The monoisotopic (exact) mass is 426 g/mol. The van der Waals surface area contributed by atoms with Gasteiger partial charge in [-0.2, -0.15) is 0 Å². The minimum Gasteiger partial charge on any atom is -0.495 e. The molecule has 2 aromatic rings. The van der Waals surface area contributed by atoms with Gasteiger partial charge in [0.05, 0.1) is 12.0 Å². The molecule has 1 unspecified atom stereocenters. The van der Waals surface area contributed by atoms with Gasteiger partial charge in [-0.1, -0.05) is 18.2 Å². The Labute approximate surface area is 155 Å². The van der Waals surface area contributed by atoms with Gasteiger partial charge in [0.1, 0.15) is 22.0 Å². The number of fused-ring (bicyclic) bond motifs is 1. The maximum atomic E-state index is 13.0. The van der Waals surface area contributed by atoms with Crippen LogP contribution in [0.3, 0.4) is 0 Å². The Bertz CT molecular complexity index is 905. The number of rotatable bonds is 3. The van der Waals surface area contributed by atoms with Crippen LogP contribution in [0.2, 0.25) is 0 Å². The van der Waals surface area contributed by atoms with Crippen LogP contribution >= 0.6 is 15.9 Å². The minimum atomic E-state index is -3.76. The average molecular weight is 427 g/mol. The standard InChI is InChI=1S/C18H19BrO5S/c1-17(2)18(19,20)11-12-9-16(15(23-3)10-14(12)24-17)25(21,22)13-7-5-4-6-8-13/h4-10,20H,11H2,1-3H3. The molecular formula is C18H19BrO5S. The van der Waals surface area contributed by atoms with Gasteiger partial charge < -0.3 is 14.6 Å². The summed E-state index contributed by atoms with van der Waals surface area (Å²) in [4.78, 5) is 0.228. The van der Waals surface area contributed by atoms with Gasteiger partial charge in [-0.25, -0.2) is 8.42 Å². The van der Waals surface area contributed by atoms with Crippen LogP contribution in [0.5, 0.6) is 11.5 Å². The van der Waals surface area contributed by atoms with Gasteiger partial charge in [0.2, 0.25) is 9.84 Å². The van der Waals surface area contributed by atoms with Gasteiger partial charge in [0, 0.05) is 12.5 Å². The first-order valence-corrected chi connectivity index (χ1v) is 9.97. The number of hydrogen-bond acceptors (Lipinski definition) is 5. The lowest BCUT2D eigenvalue weighted by Crippen LogP contribution is -2.53. The van der Waals surface area contributed by atoms with E-state index in [1.165, 1.54) is 25.3 Å². The molecule has 0 amide bonds. The second-order valence-corrected chi connectivity index (χ2v) is 9.71. The molecule has 0 radical (unpaired) electrons. The van der Waals surface area contributed by atoms with Crippen molar-refractivity contribution in [3.63, 3.8) is 0 Å². The number of benzene rings is 2. The van der Waals surface area contributed by atoms with E-state index < -0.39 is 19.9 Å².